The number of amides is 4. The van der Waals surface area contributed by atoms with Crippen LogP contribution in [0.4, 0.5) is 19.2 Å². The number of nitrogens with one attached hydrogen (secondary N) is 4. The van der Waals surface area contributed by atoms with Crippen molar-refractivity contribution in [2.45, 2.75) is 380 Å². The van der Waals surface area contributed by atoms with Gasteiger partial charge in [0.15, 0.2) is 0 Å². The number of carbonyl (C=O) groups is 4. The average molecular weight is 1650 g/mol. The van der Waals surface area contributed by atoms with Gasteiger partial charge in [-0.25, -0.2) is 19.2 Å². The average Bonchev–Trinajstić information content (AvgIpc) is 1.60. The van der Waals surface area contributed by atoms with Crippen LogP contribution in [0, 0.1) is 55.4 Å². The lowest BCUT2D eigenvalue weighted by Crippen LogP contribution is -2.54. The molecule has 4 aliphatic heterocycles. The third-order valence-corrected chi connectivity index (χ3v) is 19.9. The number of hydrogen-bond donors (Lipinski definition) is 6. The highest BCUT2D eigenvalue weighted by atomic mass is 16.6. The third kappa shape index (κ3) is 37.3. The molecule has 0 unspecified atom stereocenters. The molecule has 4 aromatic rings. The van der Waals surface area contributed by atoms with Crippen LogP contribution in [0.3, 0.4) is 0 Å². The molecule has 0 saturated carbocycles. The minimum atomic E-state index is -0.755. The van der Waals surface area contributed by atoms with E-state index in [-0.39, 0.29) is 49.4 Å². The molecular weight excluding hydrogens is 1490 g/mol. The van der Waals surface area contributed by atoms with Gasteiger partial charge in [-0.1, -0.05) is 39.2 Å². The second kappa shape index (κ2) is 46.1. The van der Waals surface area contributed by atoms with Gasteiger partial charge >= 0.3 is 24.4 Å². The maximum Gasteiger partial charge on any atom is 0.408 e. The van der Waals surface area contributed by atoms with Crippen LogP contribution in [0.15, 0.2) is 99.2 Å². The second-order valence-corrected chi connectivity index (χ2v) is 38.2. The van der Waals surface area contributed by atoms with Gasteiger partial charge in [0.2, 0.25) is 0 Å². The van der Waals surface area contributed by atoms with E-state index in [0.29, 0.717) is 51.4 Å². The molecule has 6 N–H and O–H groups in total. The van der Waals surface area contributed by atoms with E-state index in [1.54, 1.807) is 24.3 Å². The van der Waals surface area contributed by atoms with Gasteiger partial charge < -0.3 is 78.8 Å². The lowest BCUT2D eigenvalue weighted by molar-refractivity contribution is 0.0236. The zero-order chi connectivity index (χ0) is 88.6. The quantitative estimate of drug-likeness (QED) is 0.0282. The molecule has 0 aliphatic carbocycles. The Morgan fingerprint density at radius 1 is 0.415 bits per heavy atom. The van der Waals surface area contributed by atoms with E-state index < -0.39 is 70.0 Å². The van der Waals surface area contributed by atoms with Crippen LogP contribution >= 0.6 is 0 Å². The maximum atomic E-state index is 12.3. The topological polar surface area (TPSA) is 249 Å². The summed E-state index contributed by atoms with van der Waals surface area (Å²) in [4.78, 5) is 48.4. The number of hydrogen-bond acceptors (Lipinski definition) is 16. The van der Waals surface area contributed by atoms with Crippen LogP contribution in [0.2, 0.25) is 0 Å². The van der Waals surface area contributed by atoms with Crippen LogP contribution < -0.4 is 40.2 Å². The molecule has 4 fully saturated rings. The molecule has 4 aliphatic rings. The Kier molecular flexibility index (Phi) is 42.2. The van der Waals surface area contributed by atoms with E-state index in [2.05, 4.69) is 99.5 Å². The van der Waals surface area contributed by atoms with Gasteiger partial charge in [0.1, 0.15) is 67.8 Å². The van der Waals surface area contributed by atoms with Gasteiger partial charge in [0, 0.05) is 39.3 Å². The SMILES string of the molecule is C.C.C1CCOC1.C1CCOC1.C=CC[C@@H](O)[C@H](Cc1c(C)cc(OC(C)(C)C)cc1C)NC(=O)OC(C)(C)C.C=CC[C@@]1(C)OC(=O)N[C@@]1(C)Cc1c(C)cc(OC(C)(C)C)cc1C.C=CC[C@H](O)[C@H](Cc1c(C)cc(OC(C)(C)C)cc1C)NC(=O)OC(C)(C)C.C=CC[C@]1(C)OC(=O)N[C@@]1(C)Cc1c(C)cc(OC(C)(C)C)cc1C. The number of aryl methyl sites for hydroxylation is 8. The summed E-state index contributed by atoms with van der Waals surface area (Å²) in [5, 5.41) is 32.8. The molecule has 0 bridgehead atoms. The number of benzene rings is 4. The first-order valence-corrected chi connectivity index (χ1v) is 41.3. The fraction of sp³-hybridized carbons (Fsp3) is 0.633. The van der Waals surface area contributed by atoms with Gasteiger partial charge in [0.05, 0.1) is 35.4 Å². The zero-order valence-corrected chi connectivity index (χ0v) is 77.0. The number of rotatable bonds is 24. The van der Waals surface area contributed by atoms with Crippen molar-refractivity contribution in [3.63, 3.8) is 0 Å². The lowest BCUT2D eigenvalue weighted by atomic mass is 9.75. The first-order valence-electron chi connectivity index (χ1n) is 41.3. The first kappa shape index (κ1) is 108. The minimum Gasteiger partial charge on any atom is -0.488 e. The Bertz CT molecular complexity index is 3530. The summed E-state index contributed by atoms with van der Waals surface area (Å²) in [5.74, 6) is 3.37. The molecular formula is C98H160N4O16. The van der Waals surface area contributed by atoms with Crippen LogP contribution in [0.25, 0.3) is 0 Å². The van der Waals surface area contributed by atoms with Gasteiger partial charge in [-0.2, -0.15) is 0 Å². The summed E-state index contributed by atoms with van der Waals surface area (Å²) < 4.78 is 55.8. The number of aliphatic hydroxyl groups excluding tert-OH is 2. The van der Waals surface area contributed by atoms with Crippen LogP contribution in [-0.4, -0.2) is 141 Å². The number of alkyl carbamates (subject to hydrolysis) is 4. The Morgan fingerprint density at radius 2 is 0.644 bits per heavy atom. The lowest BCUT2D eigenvalue weighted by Gasteiger charge is -2.38. The number of carbonyl (C=O) groups excluding carboxylic acids is 4. The predicted molar refractivity (Wildman–Crippen MR) is 484 cm³/mol. The van der Waals surface area contributed by atoms with Crippen molar-refractivity contribution >= 4 is 24.4 Å². The van der Waals surface area contributed by atoms with Crippen LogP contribution in [0.1, 0.15) is 285 Å². The van der Waals surface area contributed by atoms with Crippen molar-refractivity contribution in [3.05, 3.63) is 166 Å². The van der Waals surface area contributed by atoms with Crippen molar-refractivity contribution in [1.82, 2.24) is 21.3 Å². The van der Waals surface area contributed by atoms with Gasteiger partial charge in [0.25, 0.3) is 0 Å². The largest absolute Gasteiger partial charge is 0.488 e. The van der Waals surface area contributed by atoms with Crippen LogP contribution in [-0.2, 0) is 54.1 Å². The Labute approximate surface area is 713 Å². The summed E-state index contributed by atoms with van der Waals surface area (Å²) in [6.07, 6.45) is 13.0. The molecule has 0 radical (unpaired) electrons. The molecule has 0 spiro atoms. The fourth-order valence-electron chi connectivity index (χ4n) is 13.9. The van der Waals surface area contributed by atoms with E-state index >= 15 is 0 Å². The van der Waals surface area contributed by atoms with E-state index in [9.17, 15) is 29.4 Å². The minimum absolute atomic E-state index is 0. The van der Waals surface area contributed by atoms with Crippen molar-refractivity contribution in [2.24, 2.45) is 0 Å². The van der Waals surface area contributed by atoms with Gasteiger partial charge in [-0.05, 0) is 387 Å². The summed E-state index contributed by atoms with van der Waals surface area (Å²) in [6, 6.07) is 15.3. The van der Waals surface area contributed by atoms with E-state index in [1.807, 2.05) is 204 Å². The highest BCUT2D eigenvalue weighted by molar-refractivity contribution is 5.73. The standard InChI is InChI=1S/2C23H37NO4.2C21H31NO3.2C4H8O.2CH4/c2*1-10-11-20(25)19(24-21(26)28-23(7,8)9)14-18-15(2)12-17(13-16(18)3)27-22(4,5)6;2*1-9-10-21(8)20(7,22-18(23)25-21)13-17-14(2)11-16(12-15(17)3)24-19(4,5)6;2*1-2-4-5-3-1;;/h2*10,12-13,19-20,25H,1,11,14H2,2-9H3,(H,24,26);2*9,11-12H,1,10,13H2,2-8H3,(H,22,23);2*1-4H2;2*1H4/t19-,20+;19-,20-;20-,21+;20-,21-;;;;/m0000..../s1. The van der Waals surface area contributed by atoms with Crippen molar-refractivity contribution < 1.29 is 76.8 Å². The monoisotopic (exact) mass is 1650 g/mol. The highest BCUT2D eigenvalue weighted by Crippen LogP contribution is 2.42. The van der Waals surface area contributed by atoms with E-state index in [4.69, 9.17) is 47.4 Å². The van der Waals surface area contributed by atoms with E-state index in [1.165, 1.54) is 36.8 Å². The molecule has 8 rings (SSSR count). The summed E-state index contributed by atoms with van der Waals surface area (Å²) in [6.45, 7) is 78.6. The Balaban J connectivity index is 0.000000749. The molecule has 8 atom stereocenters. The second-order valence-electron chi connectivity index (χ2n) is 38.2. The third-order valence-electron chi connectivity index (χ3n) is 19.9. The normalized spacial score (nSPS) is 19.8. The van der Waals surface area contributed by atoms with E-state index in [0.717, 1.165) is 105 Å². The predicted octanol–water partition coefficient (Wildman–Crippen LogP) is 22.3. The zero-order valence-electron chi connectivity index (χ0n) is 77.0. The van der Waals surface area contributed by atoms with Crippen LogP contribution in [0.5, 0.6) is 23.0 Å². The summed E-state index contributed by atoms with van der Waals surface area (Å²) in [5.41, 5.74) is 8.96. The smallest absolute Gasteiger partial charge is 0.408 e. The van der Waals surface area contributed by atoms with Gasteiger partial charge in [-0.15, -0.1) is 26.3 Å². The molecule has 118 heavy (non-hydrogen) atoms. The van der Waals surface area contributed by atoms with Crippen molar-refractivity contribution in [3.8, 4) is 23.0 Å². The molecule has 4 aromatic carbocycles. The maximum absolute atomic E-state index is 12.3. The molecule has 4 heterocycles. The molecule has 20 nitrogen and oxygen atoms in total. The number of ether oxygens (including phenoxy) is 10. The molecule has 0 aromatic heterocycles. The van der Waals surface area contributed by atoms with Gasteiger partial charge in [-0.3, -0.25) is 0 Å². The fourth-order valence-corrected chi connectivity index (χ4v) is 13.9. The number of cyclic esters (lactones) is 2. The van der Waals surface area contributed by atoms with Crippen molar-refractivity contribution in [2.75, 3.05) is 26.4 Å². The summed E-state index contributed by atoms with van der Waals surface area (Å²) in [7, 11) is 0. The molecule has 4 amide bonds. The Morgan fingerprint density at radius 3 is 0.831 bits per heavy atom. The number of aliphatic hydroxyl groups is 2. The molecule has 668 valence electrons. The summed E-state index contributed by atoms with van der Waals surface area (Å²) >= 11 is 0. The highest BCUT2D eigenvalue weighted by Gasteiger charge is 2.55. The Hall–Kier alpha value is -8.04. The molecule has 4 saturated heterocycles. The first-order chi connectivity index (χ1) is 53.2. The molecule has 20 heteroatoms. The van der Waals surface area contributed by atoms with Crippen molar-refractivity contribution in [1.29, 1.82) is 0 Å².